The molecule has 4 nitrogen and oxygen atoms in total. The van der Waals surface area contributed by atoms with Gasteiger partial charge in [-0.1, -0.05) is 12.1 Å². The highest BCUT2D eigenvalue weighted by molar-refractivity contribution is 6.17. The molecule has 0 unspecified atom stereocenters. The van der Waals surface area contributed by atoms with Crippen LogP contribution in [0, 0.1) is 0 Å². The molecule has 1 aliphatic rings. The van der Waals surface area contributed by atoms with Crippen LogP contribution >= 0.6 is 0 Å². The number of para-hydroxylation sites is 1. The van der Waals surface area contributed by atoms with Gasteiger partial charge in [0, 0.05) is 28.3 Å². The summed E-state index contributed by atoms with van der Waals surface area (Å²) >= 11 is 0. The number of benzene rings is 2. The first-order valence-electron chi connectivity index (χ1n) is 6.49. The van der Waals surface area contributed by atoms with E-state index >= 15 is 0 Å². The Morgan fingerprint density at radius 1 is 1.15 bits per heavy atom. The average Bonchev–Trinajstić information content (AvgIpc) is 2.98. The van der Waals surface area contributed by atoms with Gasteiger partial charge in [-0.25, -0.2) is 4.79 Å². The van der Waals surface area contributed by atoms with Crippen LogP contribution in [0.25, 0.3) is 21.8 Å². The number of nitrogens with one attached hydrogen (secondary N) is 1. The second kappa shape index (κ2) is 3.70. The van der Waals surface area contributed by atoms with Gasteiger partial charge in [-0.05, 0) is 30.2 Å². The molecule has 4 heteroatoms. The number of hydrogen-bond donors (Lipinski definition) is 2. The van der Waals surface area contributed by atoms with Crippen molar-refractivity contribution in [2.75, 3.05) is 0 Å². The smallest absolute Gasteiger partial charge is 0.337 e. The molecule has 3 aromatic rings. The number of aryl methyl sites for hydroxylation is 1. The molecule has 0 saturated heterocycles. The third-order valence-corrected chi connectivity index (χ3v) is 4.04. The third kappa shape index (κ3) is 1.30. The van der Waals surface area contributed by atoms with Gasteiger partial charge < -0.3 is 10.1 Å². The van der Waals surface area contributed by atoms with Crippen LogP contribution in [0.1, 0.15) is 32.7 Å². The predicted molar refractivity (Wildman–Crippen MR) is 75.4 cm³/mol. The summed E-state index contributed by atoms with van der Waals surface area (Å²) in [5.41, 5.74) is 3.60. The van der Waals surface area contributed by atoms with E-state index in [0.717, 1.165) is 33.8 Å². The van der Waals surface area contributed by atoms with Crippen molar-refractivity contribution in [3.63, 3.8) is 0 Å². The van der Waals surface area contributed by atoms with Gasteiger partial charge in [0.2, 0.25) is 0 Å². The van der Waals surface area contributed by atoms with E-state index in [1.807, 2.05) is 18.2 Å². The maximum atomic E-state index is 11.8. The number of carbonyl (C=O) groups is 2. The monoisotopic (exact) mass is 265 g/mol. The summed E-state index contributed by atoms with van der Waals surface area (Å²) in [4.78, 5) is 26.3. The molecule has 0 bridgehead atoms. The zero-order valence-electron chi connectivity index (χ0n) is 10.6. The fourth-order valence-electron chi connectivity index (χ4n) is 3.16. The molecule has 0 amide bonds. The summed E-state index contributed by atoms with van der Waals surface area (Å²) in [5, 5.41) is 11.1. The lowest BCUT2D eigenvalue weighted by Crippen LogP contribution is -1.96. The maximum Gasteiger partial charge on any atom is 0.337 e. The van der Waals surface area contributed by atoms with Crippen molar-refractivity contribution in [1.82, 2.24) is 4.98 Å². The quantitative estimate of drug-likeness (QED) is 0.710. The second-order valence-electron chi connectivity index (χ2n) is 5.10. The summed E-state index contributed by atoms with van der Waals surface area (Å²) in [6.45, 7) is 0. The Labute approximate surface area is 114 Å². The van der Waals surface area contributed by atoms with Gasteiger partial charge in [-0.15, -0.1) is 0 Å². The van der Waals surface area contributed by atoms with Gasteiger partial charge in [0.25, 0.3) is 0 Å². The van der Waals surface area contributed by atoms with Crippen molar-refractivity contribution in [2.45, 2.75) is 12.8 Å². The van der Waals surface area contributed by atoms with Crippen molar-refractivity contribution < 1.29 is 14.7 Å². The van der Waals surface area contributed by atoms with E-state index in [9.17, 15) is 14.7 Å². The van der Waals surface area contributed by atoms with Crippen LogP contribution in [-0.2, 0) is 6.42 Å². The van der Waals surface area contributed by atoms with E-state index in [1.54, 1.807) is 12.1 Å². The van der Waals surface area contributed by atoms with Crippen LogP contribution in [0.3, 0.4) is 0 Å². The number of carbonyl (C=O) groups excluding carboxylic acids is 1. The summed E-state index contributed by atoms with van der Waals surface area (Å²) in [5.74, 6) is -0.777. The van der Waals surface area contributed by atoms with Crippen molar-refractivity contribution in [2.24, 2.45) is 0 Å². The molecule has 2 N–H and O–H groups in total. The lowest BCUT2D eigenvalue weighted by atomic mass is 10.0. The summed E-state index contributed by atoms with van der Waals surface area (Å²) < 4.78 is 0. The van der Waals surface area contributed by atoms with Crippen LogP contribution in [0.2, 0.25) is 0 Å². The fraction of sp³-hybridized carbons (Fsp3) is 0.125. The minimum atomic E-state index is -0.949. The van der Waals surface area contributed by atoms with Gasteiger partial charge in [-0.2, -0.15) is 0 Å². The Hall–Kier alpha value is -2.62. The van der Waals surface area contributed by atoms with Gasteiger partial charge in [0.15, 0.2) is 5.78 Å². The number of rotatable bonds is 1. The molecule has 1 aromatic heterocycles. The van der Waals surface area contributed by atoms with Gasteiger partial charge in [-0.3, -0.25) is 4.79 Å². The molecule has 4 rings (SSSR count). The van der Waals surface area contributed by atoms with Crippen LogP contribution in [0.5, 0.6) is 0 Å². The zero-order chi connectivity index (χ0) is 13.9. The molecular formula is C16H11NO3. The number of H-pyrrole nitrogens is 1. The lowest BCUT2D eigenvalue weighted by molar-refractivity contribution is 0.0698. The summed E-state index contributed by atoms with van der Waals surface area (Å²) in [6.07, 6.45) is 1.27. The third-order valence-electron chi connectivity index (χ3n) is 4.04. The van der Waals surface area contributed by atoms with E-state index in [-0.39, 0.29) is 11.3 Å². The maximum absolute atomic E-state index is 11.8. The minimum Gasteiger partial charge on any atom is -0.478 e. The first-order valence-corrected chi connectivity index (χ1v) is 6.49. The molecule has 1 heterocycles. The number of aromatic nitrogens is 1. The van der Waals surface area contributed by atoms with Gasteiger partial charge >= 0.3 is 5.97 Å². The fourth-order valence-corrected chi connectivity index (χ4v) is 3.16. The van der Waals surface area contributed by atoms with Crippen LogP contribution < -0.4 is 0 Å². The Balaban J connectivity index is 2.20. The van der Waals surface area contributed by atoms with E-state index in [1.165, 1.54) is 0 Å². The number of aromatic amines is 1. The Morgan fingerprint density at radius 2 is 2.00 bits per heavy atom. The highest BCUT2D eigenvalue weighted by atomic mass is 16.4. The number of carboxylic acid groups (broad SMARTS) is 1. The van der Waals surface area contributed by atoms with E-state index < -0.39 is 5.97 Å². The first-order chi connectivity index (χ1) is 9.66. The van der Waals surface area contributed by atoms with Crippen molar-refractivity contribution in [1.29, 1.82) is 0 Å². The first kappa shape index (κ1) is 11.2. The van der Waals surface area contributed by atoms with Gasteiger partial charge in [0.05, 0.1) is 11.1 Å². The highest BCUT2D eigenvalue weighted by Crippen LogP contribution is 2.35. The van der Waals surface area contributed by atoms with Crippen LogP contribution in [0.4, 0.5) is 0 Å². The predicted octanol–water partition coefficient (Wildman–Crippen LogP) is 3.15. The minimum absolute atomic E-state index is 0.172. The number of ketones is 1. The number of hydrogen-bond acceptors (Lipinski definition) is 2. The van der Waals surface area contributed by atoms with Crippen molar-refractivity contribution in [3.05, 3.63) is 47.0 Å². The van der Waals surface area contributed by atoms with Gasteiger partial charge in [0.1, 0.15) is 0 Å². The van der Waals surface area contributed by atoms with E-state index in [2.05, 4.69) is 4.98 Å². The van der Waals surface area contributed by atoms with Crippen LogP contribution in [0.15, 0.2) is 30.3 Å². The molecule has 20 heavy (non-hydrogen) atoms. The standard InChI is InChI=1S/C16H11NO3/c18-13-7-5-9-8(13)4-6-12-14(9)10-2-1-3-11(16(19)20)15(10)17-12/h1-4,6,17H,5,7H2,(H,19,20). The van der Waals surface area contributed by atoms with E-state index in [0.29, 0.717) is 11.9 Å². The Kier molecular flexibility index (Phi) is 2.07. The van der Waals surface area contributed by atoms with Crippen LogP contribution in [-0.4, -0.2) is 21.8 Å². The van der Waals surface area contributed by atoms with Crippen molar-refractivity contribution >= 4 is 33.6 Å². The molecule has 0 spiro atoms. The number of Topliss-reactive ketones (excluding diaryl/α,β-unsaturated/α-hetero) is 1. The molecule has 0 radical (unpaired) electrons. The van der Waals surface area contributed by atoms with Crippen molar-refractivity contribution in [3.8, 4) is 0 Å². The molecule has 0 aliphatic heterocycles. The number of aromatic carboxylic acids is 1. The molecule has 0 atom stereocenters. The Morgan fingerprint density at radius 3 is 2.80 bits per heavy atom. The SMILES string of the molecule is O=C1CCc2c1ccc1[nH]c3c(C(=O)O)cccc3c21. The zero-order valence-corrected chi connectivity index (χ0v) is 10.6. The average molecular weight is 265 g/mol. The summed E-state index contributed by atoms with van der Waals surface area (Å²) in [6, 6.07) is 8.94. The number of fused-ring (bicyclic) bond motifs is 5. The second-order valence-corrected chi connectivity index (χ2v) is 5.10. The Bertz CT molecular complexity index is 905. The summed E-state index contributed by atoms with van der Waals surface area (Å²) in [7, 11) is 0. The molecule has 1 aliphatic carbocycles. The number of carboxylic acids is 1. The molecule has 0 saturated carbocycles. The molecular weight excluding hydrogens is 254 g/mol. The lowest BCUT2D eigenvalue weighted by Gasteiger charge is -2.00. The molecule has 0 fully saturated rings. The highest BCUT2D eigenvalue weighted by Gasteiger charge is 2.24. The normalized spacial score (nSPS) is 14.1. The molecule has 98 valence electrons. The molecule has 2 aromatic carbocycles. The topological polar surface area (TPSA) is 70.2 Å². The largest absolute Gasteiger partial charge is 0.478 e. The van der Waals surface area contributed by atoms with E-state index in [4.69, 9.17) is 0 Å².